The Balaban J connectivity index is 1.99. The molecule has 3 N–H and O–H groups in total. The standard InChI is InChI=1S/C13H20N4O/c1-3-11-5-7-13(18-11)12(16-14)6-4-10-8-9-15-17(10)2/h5,7-9,12,16H,3-4,6,14H2,1-2H3. The maximum Gasteiger partial charge on any atom is 0.122 e. The number of nitrogens with two attached hydrogens (primary N) is 1. The second-order valence-electron chi connectivity index (χ2n) is 4.36. The normalized spacial score (nSPS) is 12.8. The zero-order chi connectivity index (χ0) is 13.0. The van der Waals surface area contributed by atoms with Gasteiger partial charge in [0, 0.05) is 25.4 Å². The molecule has 0 aliphatic carbocycles. The number of hydrogen-bond donors (Lipinski definition) is 2. The highest BCUT2D eigenvalue weighted by molar-refractivity contribution is 5.11. The van der Waals surface area contributed by atoms with Gasteiger partial charge in [-0.15, -0.1) is 0 Å². The van der Waals surface area contributed by atoms with Crippen molar-refractivity contribution in [2.75, 3.05) is 0 Å². The van der Waals surface area contributed by atoms with Gasteiger partial charge in [-0.05, 0) is 31.0 Å². The van der Waals surface area contributed by atoms with Gasteiger partial charge in [-0.2, -0.15) is 5.10 Å². The fourth-order valence-electron chi connectivity index (χ4n) is 2.02. The molecule has 0 aliphatic rings. The largest absolute Gasteiger partial charge is 0.464 e. The monoisotopic (exact) mass is 248 g/mol. The SMILES string of the molecule is CCc1ccc(C(CCc2ccnn2C)NN)o1. The van der Waals surface area contributed by atoms with Gasteiger partial charge in [0.2, 0.25) is 0 Å². The van der Waals surface area contributed by atoms with Crippen LogP contribution in [0.1, 0.15) is 36.6 Å². The summed E-state index contributed by atoms with van der Waals surface area (Å²) in [6, 6.07) is 6.06. The van der Waals surface area contributed by atoms with Crippen molar-refractivity contribution in [2.45, 2.75) is 32.2 Å². The van der Waals surface area contributed by atoms with Gasteiger partial charge in [0.05, 0.1) is 6.04 Å². The number of nitrogens with zero attached hydrogens (tertiary/aromatic N) is 2. The third kappa shape index (κ3) is 2.80. The molecule has 1 unspecified atom stereocenters. The zero-order valence-corrected chi connectivity index (χ0v) is 10.9. The summed E-state index contributed by atoms with van der Waals surface area (Å²) in [5.41, 5.74) is 4.01. The van der Waals surface area contributed by atoms with Crippen LogP contribution in [0, 0.1) is 0 Å². The van der Waals surface area contributed by atoms with Crippen molar-refractivity contribution in [2.24, 2.45) is 12.9 Å². The van der Waals surface area contributed by atoms with Crippen molar-refractivity contribution in [1.29, 1.82) is 0 Å². The summed E-state index contributed by atoms with van der Waals surface area (Å²) in [4.78, 5) is 0. The van der Waals surface area contributed by atoms with E-state index in [0.717, 1.165) is 30.8 Å². The quantitative estimate of drug-likeness (QED) is 0.603. The first-order chi connectivity index (χ1) is 8.74. The summed E-state index contributed by atoms with van der Waals surface area (Å²) in [6.45, 7) is 2.07. The molecule has 0 amide bonds. The van der Waals surface area contributed by atoms with Crippen LogP contribution in [-0.4, -0.2) is 9.78 Å². The van der Waals surface area contributed by atoms with Crippen molar-refractivity contribution < 1.29 is 4.42 Å². The molecule has 2 aromatic heterocycles. The van der Waals surface area contributed by atoms with Gasteiger partial charge >= 0.3 is 0 Å². The lowest BCUT2D eigenvalue weighted by Gasteiger charge is -2.13. The van der Waals surface area contributed by atoms with E-state index in [0.29, 0.717) is 0 Å². The topological polar surface area (TPSA) is 69.0 Å². The Bertz CT molecular complexity index is 489. The summed E-state index contributed by atoms with van der Waals surface area (Å²) in [7, 11) is 1.95. The number of hydrazine groups is 1. The van der Waals surface area contributed by atoms with Crippen molar-refractivity contribution in [3.63, 3.8) is 0 Å². The Kier molecular flexibility index (Phi) is 4.17. The van der Waals surface area contributed by atoms with Crippen LogP contribution in [0.5, 0.6) is 0 Å². The summed E-state index contributed by atoms with van der Waals surface area (Å²) < 4.78 is 7.60. The van der Waals surface area contributed by atoms with Crippen LogP contribution < -0.4 is 11.3 Å². The van der Waals surface area contributed by atoms with Gasteiger partial charge in [-0.25, -0.2) is 5.43 Å². The molecular formula is C13H20N4O. The first kappa shape index (κ1) is 12.9. The van der Waals surface area contributed by atoms with Gasteiger partial charge in [-0.1, -0.05) is 6.92 Å². The molecule has 0 spiro atoms. The molecule has 2 rings (SSSR count). The Morgan fingerprint density at radius 1 is 1.44 bits per heavy atom. The minimum atomic E-state index is 0.0419. The van der Waals surface area contributed by atoms with E-state index in [1.54, 1.807) is 0 Å². The van der Waals surface area contributed by atoms with E-state index in [1.807, 2.05) is 36.1 Å². The predicted molar refractivity (Wildman–Crippen MR) is 69.7 cm³/mol. The fourth-order valence-corrected chi connectivity index (χ4v) is 2.02. The molecule has 0 radical (unpaired) electrons. The van der Waals surface area contributed by atoms with Gasteiger partial charge in [0.15, 0.2) is 0 Å². The molecule has 0 fully saturated rings. The zero-order valence-electron chi connectivity index (χ0n) is 10.9. The second-order valence-corrected chi connectivity index (χ2v) is 4.36. The predicted octanol–water partition coefficient (Wildman–Crippen LogP) is 1.71. The first-order valence-electron chi connectivity index (χ1n) is 6.26. The van der Waals surface area contributed by atoms with Crippen LogP contribution in [0.3, 0.4) is 0 Å². The maximum absolute atomic E-state index is 5.72. The molecule has 0 saturated heterocycles. The number of nitrogens with one attached hydrogen (secondary N) is 1. The van der Waals surface area contributed by atoms with Crippen LogP contribution >= 0.6 is 0 Å². The van der Waals surface area contributed by atoms with E-state index >= 15 is 0 Å². The van der Waals surface area contributed by atoms with E-state index in [-0.39, 0.29) is 6.04 Å². The highest BCUT2D eigenvalue weighted by atomic mass is 16.3. The highest BCUT2D eigenvalue weighted by Crippen LogP contribution is 2.21. The molecule has 0 aliphatic heterocycles. The van der Waals surface area contributed by atoms with E-state index < -0.39 is 0 Å². The molecule has 2 heterocycles. The van der Waals surface area contributed by atoms with Gasteiger partial charge < -0.3 is 4.42 Å². The lowest BCUT2D eigenvalue weighted by Crippen LogP contribution is -2.28. The lowest BCUT2D eigenvalue weighted by molar-refractivity contribution is 0.382. The first-order valence-corrected chi connectivity index (χ1v) is 6.26. The number of furan rings is 1. The van der Waals surface area contributed by atoms with Crippen molar-refractivity contribution in [3.8, 4) is 0 Å². The molecule has 0 bridgehead atoms. The Morgan fingerprint density at radius 2 is 2.28 bits per heavy atom. The average Bonchev–Trinajstić information content (AvgIpc) is 3.00. The summed E-state index contributed by atoms with van der Waals surface area (Å²) in [5.74, 6) is 7.49. The molecule has 1 atom stereocenters. The smallest absolute Gasteiger partial charge is 0.122 e. The Labute approximate surface area is 107 Å². The van der Waals surface area contributed by atoms with Crippen LogP contribution in [0.15, 0.2) is 28.8 Å². The van der Waals surface area contributed by atoms with E-state index in [9.17, 15) is 0 Å². The van der Waals surface area contributed by atoms with E-state index in [1.165, 1.54) is 5.69 Å². The number of rotatable bonds is 6. The second kappa shape index (κ2) is 5.84. The molecular weight excluding hydrogens is 228 g/mol. The van der Waals surface area contributed by atoms with E-state index in [4.69, 9.17) is 10.3 Å². The van der Waals surface area contributed by atoms with Crippen LogP contribution in [-0.2, 0) is 19.9 Å². The summed E-state index contributed by atoms with van der Waals surface area (Å²) >= 11 is 0. The maximum atomic E-state index is 5.72. The number of aromatic nitrogens is 2. The Hall–Kier alpha value is -1.59. The number of hydrogen-bond acceptors (Lipinski definition) is 4. The highest BCUT2D eigenvalue weighted by Gasteiger charge is 2.14. The number of aryl methyl sites for hydroxylation is 3. The molecule has 0 saturated carbocycles. The van der Waals surface area contributed by atoms with Crippen molar-refractivity contribution in [1.82, 2.24) is 15.2 Å². The molecule has 5 nitrogen and oxygen atoms in total. The van der Waals surface area contributed by atoms with Gasteiger partial charge in [0.1, 0.15) is 11.5 Å². The molecule has 98 valence electrons. The summed E-state index contributed by atoms with van der Waals surface area (Å²) in [5, 5.41) is 4.15. The van der Waals surface area contributed by atoms with E-state index in [2.05, 4.69) is 17.4 Å². The fraction of sp³-hybridized carbons (Fsp3) is 0.462. The van der Waals surface area contributed by atoms with Crippen LogP contribution in [0.2, 0.25) is 0 Å². The van der Waals surface area contributed by atoms with Crippen molar-refractivity contribution >= 4 is 0 Å². The van der Waals surface area contributed by atoms with Gasteiger partial charge in [-0.3, -0.25) is 10.5 Å². The third-order valence-corrected chi connectivity index (χ3v) is 3.19. The Morgan fingerprint density at radius 3 is 2.83 bits per heavy atom. The third-order valence-electron chi connectivity index (χ3n) is 3.19. The molecule has 0 aromatic carbocycles. The molecule has 2 aromatic rings. The lowest BCUT2D eigenvalue weighted by atomic mass is 10.1. The average molecular weight is 248 g/mol. The molecule has 5 heteroatoms. The van der Waals surface area contributed by atoms with Crippen LogP contribution in [0.4, 0.5) is 0 Å². The van der Waals surface area contributed by atoms with Gasteiger partial charge in [0.25, 0.3) is 0 Å². The minimum absolute atomic E-state index is 0.0419. The van der Waals surface area contributed by atoms with Crippen LogP contribution in [0.25, 0.3) is 0 Å². The minimum Gasteiger partial charge on any atom is -0.464 e. The molecule has 18 heavy (non-hydrogen) atoms. The van der Waals surface area contributed by atoms with Crippen molar-refractivity contribution in [3.05, 3.63) is 41.6 Å². The summed E-state index contributed by atoms with van der Waals surface area (Å²) in [6.07, 6.45) is 4.50.